The second-order valence-corrected chi connectivity index (χ2v) is 36.8. The van der Waals surface area contributed by atoms with E-state index in [0.29, 0.717) is 37.5 Å². The summed E-state index contributed by atoms with van der Waals surface area (Å²) < 4.78 is 76.5. The lowest BCUT2D eigenvalue weighted by Crippen LogP contribution is -2.61. The van der Waals surface area contributed by atoms with Gasteiger partial charge in [-0.2, -0.15) is 0 Å². The summed E-state index contributed by atoms with van der Waals surface area (Å²) >= 11 is 0. The van der Waals surface area contributed by atoms with Crippen molar-refractivity contribution >= 4 is 29.7 Å². The zero-order valence-corrected chi connectivity index (χ0v) is 69.6. The number of hydrogen-bond donors (Lipinski definition) is 5. The summed E-state index contributed by atoms with van der Waals surface area (Å²) in [4.78, 5) is 66.7. The van der Waals surface area contributed by atoms with Crippen LogP contribution in [-0.4, -0.2) is 184 Å². The van der Waals surface area contributed by atoms with Crippen LogP contribution in [0.3, 0.4) is 0 Å². The fourth-order valence-electron chi connectivity index (χ4n) is 18.3. The van der Waals surface area contributed by atoms with E-state index in [9.17, 15) is 49.5 Å². The van der Waals surface area contributed by atoms with Gasteiger partial charge >= 0.3 is 23.9 Å². The van der Waals surface area contributed by atoms with E-state index in [4.69, 9.17) is 56.8 Å². The van der Waals surface area contributed by atoms with Crippen LogP contribution in [0.4, 0.5) is 0 Å². The molecule has 6 fully saturated rings. The zero-order chi connectivity index (χ0) is 79.3. The van der Waals surface area contributed by atoms with E-state index in [1.165, 1.54) is 13.8 Å². The van der Waals surface area contributed by atoms with Crippen molar-refractivity contribution in [3.8, 4) is 0 Å². The van der Waals surface area contributed by atoms with Crippen molar-refractivity contribution in [3.05, 3.63) is 0 Å². The molecule has 606 valence electrons. The molecule has 0 bridgehead atoms. The number of ketones is 1. The standard InChI is InChI=1S/C41H74O11.C41H72O11/c2*1-16-31-41(46,20-47-30(11)42)35(44)25(6)33(43)22(3)18-40(14,15)36(52-38-24(5)21(2)17-23(4)48-38)26(7)34(27(8)37(45)50-31)51-32-19-39(12,13)28(9)29(10)49-32/h21-29,31-36,38,43-44,46H,16-20H2,1-15H3;21-29,31-32,34-36,38,44,46H,16-20H2,1-15H3/t21-,22+,23+,24+,25-,26-,27+,28-,29-,31+,32?,33-,34-,35+,36+,38?,41+;21-,22+,23+,24+,25-,26-,27+,28-,29-,31+,32?,34-,35+,36+,38?,41+/m00/s1. The van der Waals surface area contributed by atoms with Gasteiger partial charge in [-0.25, -0.2) is 0 Å². The second kappa shape index (κ2) is 36.9. The molecular formula is C82H146O22. The summed E-state index contributed by atoms with van der Waals surface area (Å²) in [6, 6.07) is 0. The third kappa shape index (κ3) is 21.8. The van der Waals surface area contributed by atoms with Crippen molar-refractivity contribution in [2.24, 2.45) is 105 Å². The smallest absolute Gasteiger partial charge is 0.311 e. The van der Waals surface area contributed by atoms with Crippen molar-refractivity contribution in [3.63, 3.8) is 0 Å². The van der Waals surface area contributed by atoms with Gasteiger partial charge in [0.05, 0.1) is 79.0 Å². The second-order valence-electron chi connectivity index (χ2n) is 36.8. The van der Waals surface area contributed by atoms with Gasteiger partial charge in [0.15, 0.2) is 36.4 Å². The minimum atomic E-state index is -2.26. The Morgan fingerprint density at radius 3 is 1.14 bits per heavy atom. The molecule has 0 aromatic heterocycles. The highest BCUT2D eigenvalue weighted by molar-refractivity contribution is 5.83. The summed E-state index contributed by atoms with van der Waals surface area (Å²) in [5.74, 6) is -6.95. The first-order valence-corrected chi connectivity index (χ1v) is 39.7. The third-order valence-corrected chi connectivity index (χ3v) is 26.3. The van der Waals surface area contributed by atoms with Crippen LogP contribution in [0.25, 0.3) is 0 Å². The number of cyclic esters (lactones) is 2. The van der Waals surface area contributed by atoms with Gasteiger partial charge in [-0.05, 0) is 131 Å². The molecule has 6 aliphatic rings. The SMILES string of the molecule is CC[C@H]1OC(=O)[C@H](C)[C@@H](OC2CC(C)(C)[C@@H](C)[C@H](C)O2)[C@H](C)[C@@H](OC2O[C@H](C)C[C@H](C)[C@H]2C)C(C)(C)C[C@@H](C)C(=O)[C@H](C)[C@@H](O)[C@@]1(O)COC(C)=O.CC[C@H]1OC(=O)[C@H](C)[C@@H](OC2CC(C)(C)[C@@H](C)[C@H](C)O2)[C@H](C)[C@@H](OC2O[C@H](C)C[C@H](C)[C@H]2C)C(C)(C)C[C@@H](C)[C@H](O)[C@H](C)[C@@H](O)[C@@]1(O)COC(C)=O. The van der Waals surface area contributed by atoms with Gasteiger partial charge in [-0.3, -0.25) is 24.0 Å². The van der Waals surface area contributed by atoms with Gasteiger partial charge < -0.3 is 82.4 Å². The summed E-state index contributed by atoms with van der Waals surface area (Å²) in [5, 5.41) is 59.5. The number of aliphatic hydroxyl groups excluding tert-OH is 3. The van der Waals surface area contributed by atoms with Gasteiger partial charge in [0.1, 0.15) is 31.2 Å². The highest BCUT2D eigenvalue weighted by atomic mass is 16.7. The van der Waals surface area contributed by atoms with Crippen LogP contribution in [0, 0.1) is 105 Å². The first-order chi connectivity index (χ1) is 47.7. The van der Waals surface area contributed by atoms with Crippen molar-refractivity contribution in [1.82, 2.24) is 0 Å². The van der Waals surface area contributed by atoms with Crippen LogP contribution >= 0.6 is 0 Å². The largest absolute Gasteiger partial charge is 0.463 e. The number of carbonyl (C=O) groups excluding carboxylic acids is 5. The molecule has 0 saturated carbocycles. The fourth-order valence-corrected chi connectivity index (χ4v) is 18.3. The maximum absolute atomic E-state index is 14.4. The van der Waals surface area contributed by atoms with Gasteiger partial charge in [0.25, 0.3) is 0 Å². The van der Waals surface area contributed by atoms with Gasteiger partial charge in [0.2, 0.25) is 0 Å². The van der Waals surface area contributed by atoms with E-state index < -0.39 is 181 Å². The topological polar surface area (TPSA) is 297 Å². The van der Waals surface area contributed by atoms with Gasteiger partial charge in [-0.15, -0.1) is 0 Å². The number of ether oxygens (including phenoxy) is 12. The molecule has 22 nitrogen and oxygen atoms in total. The molecule has 0 aliphatic carbocycles. The molecule has 0 spiro atoms. The van der Waals surface area contributed by atoms with Crippen LogP contribution < -0.4 is 0 Å². The predicted molar refractivity (Wildman–Crippen MR) is 394 cm³/mol. The average molecular weight is 1480 g/mol. The molecule has 22 heteroatoms. The molecule has 0 aromatic rings. The van der Waals surface area contributed by atoms with E-state index in [0.717, 1.165) is 12.8 Å². The van der Waals surface area contributed by atoms with Crippen LogP contribution in [0.5, 0.6) is 0 Å². The summed E-state index contributed by atoms with van der Waals surface area (Å²) in [7, 11) is 0. The first kappa shape index (κ1) is 91.6. The maximum Gasteiger partial charge on any atom is 0.311 e. The molecular weight excluding hydrogens is 1340 g/mol. The first-order valence-electron chi connectivity index (χ1n) is 39.7. The number of carbonyl (C=O) groups is 5. The lowest BCUT2D eigenvalue weighted by molar-refractivity contribution is -0.295. The van der Waals surface area contributed by atoms with Crippen molar-refractivity contribution < 1.29 is 106 Å². The number of rotatable bonds is 14. The Balaban J connectivity index is 0.000000374. The number of aliphatic hydroxyl groups is 5. The summed E-state index contributed by atoms with van der Waals surface area (Å²) in [6.07, 6.45) is -7.93. The average Bonchev–Trinajstić information content (AvgIpc) is 0.777. The number of esters is 4. The molecule has 0 aromatic carbocycles. The maximum atomic E-state index is 14.4. The molecule has 0 radical (unpaired) electrons. The lowest BCUT2D eigenvalue weighted by atomic mass is 9.68. The molecule has 104 heavy (non-hydrogen) atoms. The Bertz CT molecular complexity index is 2760. The van der Waals surface area contributed by atoms with Crippen LogP contribution in [0.2, 0.25) is 0 Å². The van der Waals surface area contributed by atoms with Crippen LogP contribution in [0.15, 0.2) is 0 Å². The minimum absolute atomic E-state index is 0.00466. The Morgan fingerprint density at radius 1 is 0.442 bits per heavy atom. The molecule has 33 atom stereocenters. The normalized spacial score (nSPS) is 45.8. The van der Waals surface area contributed by atoms with Gasteiger partial charge in [0, 0.05) is 68.1 Å². The Labute approximate surface area is 625 Å². The minimum Gasteiger partial charge on any atom is -0.463 e. The Kier molecular flexibility index (Phi) is 32.5. The Morgan fingerprint density at radius 2 is 0.798 bits per heavy atom. The van der Waals surface area contributed by atoms with Crippen LogP contribution in [-0.2, 0) is 80.8 Å². The van der Waals surface area contributed by atoms with E-state index in [1.54, 1.807) is 41.5 Å². The van der Waals surface area contributed by atoms with Crippen molar-refractivity contribution in [1.29, 1.82) is 0 Å². The summed E-state index contributed by atoms with van der Waals surface area (Å²) in [5.41, 5.74) is -5.94. The summed E-state index contributed by atoms with van der Waals surface area (Å²) in [6.45, 7) is 57.4. The van der Waals surface area contributed by atoms with E-state index in [1.807, 2.05) is 41.5 Å². The van der Waals surface area contributed by atoms with E-state index >= 15 is 0 Å². The highest BCUT2D eigenvalue weighted by Gasteiger charge is 2.57. The lowest BCUT2D eigenvalue weighted by Gasteiger charge is -2.50. The number of Topliss-reactive ketones (excluding diaryl/α,β-unsaturated/α-hetero) is 1. The quantitative estimate of drug-likeness (QED) is 0.0797. The molecule has 4 unspecified atom stereocenters. The van der Waals surface area contributed by atoms with E-state index in [-0.39, 0.29) is 83.5 Å². The molecule has 6 saturated heterocycles. The monoisotopic (exact) mass is 1480 g/mol. The van der Waals surface area contributed by atoms with E-state index in [2.05, 4.69) is 111 Å². The molecule has 6 heterocycles. The Hall–Kier alpha value is -2.97. The zero-order valence-electron chi connectivity index (χ0n) is 69.6. The third-order valence-electron chi connectivity index (χ3n) is 26.3. The van der Waals surface area contributed by atoms with Crippen molar-refractivity contribution in [2.45, 2.75) is 375 Å². The van der Waals surface area contributed by atoms with Crippen LogP contribution in [0.1, 0.15) is 259 Å². The molecule has 6 rings (SSSR count). The molecule has 0 amide bonds. The predicted octanol–water partition coefficient (Wildman–Crippen LogP) is 12.8. The molecule has 5 N–H and O–H groups in total. The van der Waals surface area contributed by atoms with Crippen molar-refractivity contribution in [2.75, 3.05) is 13.2 Å². The fraction of sp³-hybridized carbons (Fsp3) is 0.939. The van der Waals surface area contributed by atoms with Gasteiger partial charge in [-0.1, -0.05) is 152 Å². The number of hydrogen-bond acceptors (Lipinski definition) is 22. The molecule has 6 aliphatic heterocycles. The highest BCUT2D eigenvalue weighted by Crippen LogP contribution is 2.50.